The predicted octanol–water partition coefficient (Wildman–Crippen LogP) is 4.52. The monoisotopic (exact) mass is 322 g/mol. The average molecular weight is 323 g/mol. The van der Waals surface area contributed by atoms with Crippen molar-refractivity contribution < 1.29 is 4.39 Å². The first-order chi connectivity index (χ1) is 8.97. The first-order valence-electron chi connectivity index (χ1n) is 6.10. The van der Waals surface area contributed by atoms with E-state index in [0.29, 0.717) is 17.7 Å². The minimum absolute atomic E-state index is 0.124. The van der Waals surface area contributed by atoms with E-state index in [1.807, 2.05) is 31.2 Å². The summed E-state index contributed by atoms with van der Waals surface area (Å²) in [6, 6.07) is 7.61. The van der Waals surface area contributed by atoms with Crippen molar-refractivity contribution in [3.63, 3.8) is 0 Å². The van der Waals surface area contributed by atoms with Gasteiger partial charge in [-0.1, -0.05) is 12.1 Å². The van der Waals surface area contributed by atoms with Crippen molar-refractivity contribution >= 4 is 21.7 Å². The molecule has 0 spiro atoms. The van der Waals surface area contributed by atoms with Gasteiger partial charge in [-0.25, -0.2) is 9.37 Å². The predicted molar refractivity (Wildman–Crippen MR) is 79.9 cm³/mol. The van der Waals surface area contributed by atoms with Gasteiger partial charge in [0.05, 0.1) is 5.69 Å². The summed E-state index contributed by atoms with van der Waals surface area (Å²) in [5, 5.41) is 3.25. The van der Waals surface area contributed by atoms with Crippen LogP contribution >= 0.6 is 15.9 Å². The SMILES string of the molecule is Cc1cc(CNc2ccc(Br)c(C)n2)cc(C)c1F. The molecule has 1 N–H and O–H groups in total. The van der Waals surface area contributed by atoms with Gasteiger partial charge < -0.3 is 5.32 Å². The molecule has 100 valence electrons. The normalized spacial score (nSPS) is 10.6. The van der Waals surface area contributed by atoms with Crippen LogP contribution in [0.4, 0.5) is 10.2 Å². The number of hydrogen-bond acceptors (Lipinski definition) is 2. The molecule has 0 saturated heterocycles. The van der Waals surface area contributed by atoms with Crippen molar-refractivity contribution in [1.82, 2.24) is 4.98 Å². The second-order valence-corrected chi connectivity index (χ2v) is 5.52. The summed E-state index contributed by atoms with van der Waals surface area (Å²) < 4.78 is 14.5. The number of pyridine rings is 1. The van der Waals surface area contributed by atoms with Gasteiger partial charge in [0.25, 0.3) is 0 Å². The van der Waals surface area contributed by atoms with Crippen molar-refractivity contribution in [3.8, 4) is 0 Å². The molecule has 0 bridgehead atoms. The molecule has 2 rings (SSSR count). The number of hydrogen-bond donors (Lipinski definition) is 1. The summed E-state index contributed by atoms with van der Waals surface area (Å²) in [5.74, 6) is 0.696. The van der Waals surface area contributed by atoms with Crippen LogP contribution in [0.1, 0.15) is 22.4 Å². The molecule has 4 heteroatoms. The largest absolute Gasteiger partial charge is 0.366 e. The quantitative estimate of drug-likeness (QED) is 0.898. The number of halogens is 2. The van der Waals surface area contributed by atoms with Crippen molar-refractivity contribution in [2.75, 3.05) is 5.32 Å². The molecule has 0 aliphatic rings. The van der Waals surface area contributed by atoms with E-state index in [4.69, 9.17) is 0 Å². The Kier molecular flexibility index (Phi) is 4.20. The van der Waals surface area contributed by atoms with E-state index in [1.165, 1.54) is 0 Å². The number of benzene rings is 1. The van der Waals surface area contributed by atoms with E-state index < -0.39 is 0 Å². The fourth-order valence-electron chi connectivity index (χ4n) is 1.97. The Morgan fingerprint density at radius 3 is 2.37 bits per heavy atom. The van der Waals surface area contributed by atoms with Crippen LogP contribution in [0.3, 0.4) is 0 Å². The van der Waals surface area contributed by atoms with Crippen molar-refractivity contribution in [2.24, 2.45) is 0 Å². The van der Waals surface area contributed by atoms with Crippen molar-refractivity contribution in [2.45, 2.75) is 27.3 Å². The molecular weight excluding hydrogens is 307 g/mol. The van der Waals surface area contributed by atoms with E-state index in [1.54, 1.807) is 13.8 Å². The number of nitrogens with zero attached hydrogens (tertiary/aromatic N) is 1. The molecule has 0 unspecified atom stereocenters. The molecule has 0 aliphatic carbocycles. The summed E-state index contributed by atoms with van der Waals surface area (Å²) in [6.45, 7) is 6.15. The molecule has 0 saturated carbocycles. The number of aryl methyl sites for hydroxylation is 3. The first-order valence-corrected chi connectivity index (χ1v) is 6.89. The van der Waals surface area contributed by atoms with Gasteiger partial charge in [0.15, 0.2) is 0 Å². The summed E-state index contributed by atoms with van der Waals surface area (Å²) in [5.41, 5.74) is 3.35. The van der Waals surface area contributed by atoms with E-state index >= 15 is 0 Å². The van der Waals surface area contributed by atoms with Crippen LogP contribution in [0.5, 0.6) is 0 Å². The van der Waals surface area contributed by atoms with Gasteiger partial charge in [-0.15, -0.1) is 0 Å². The van der Waals surface area contributed by atoms with Gasteiger partial charge >= 0.3 is 0 Å². The third-order valence-electron chi connectivity index (χ3n) is 2.99. The summed E-state index contributed by atoms with van der Waals surface area (Å²) in [4.78, 5) is 4.42. The number of rotatable bonds is 3. The molecule has 2 nitrogen and oxygen atoms in total. The van der Waals surface area contributed by atoms with Crippen LogP contribution in [0, 0.1) is 26.6 Å². The number of nitrogens with one attached hydrogen (secondary N) is 1. The van der Waals surface area contributed by atoms with Gasteiger partial charge in [0, 0.05) is 11.0 Å². The van der Waals surface area contributed by atoms with Crippen molar-refractivity contribution in [3.05, 3.63) is 56.9 Å². The third kappa shape index (κ3) is 3.32. The Morgan fingerprint density at radius 1 is 1.16 bits per heavy atom. The van der Waals surface area contributed by atoms with Gasteiger partial charge in [0.1, 0.15) is 11.6 Å². The lowest BCUT2D eigenvalue weighted by atomic mass is 10.1. The van der Waals surface area contributed by atoms with Crippen LogP contribution in [0.15, 0.2) is 28.7 Å². The smallest absolute Gasteiger partial charge is 0.129 e. The lowest BCUT2D eigenvalue weighted by Gasteiger charge is -2.10. The Labute approximate surface area is 121 Å². The van der Waals surface area contributed by atoms with E-state index in [-0.39, 0.29) is 5.82 Å². The minimum atomic E-state index is -0.124. The van der Waals surface area contributed by atoms with E-state index in [9.17, 15) is 4.39 Å². The van der Waals surface area contributed by atoms with Crippen LogP contribution < -0.4 is 5.32 Å². The maximum absolute atomic E-state index is 13.5. The first kappa shape index (κ1) is 14.0. The van der Waals surface area contributed by atoms with Crippen LogP contribution in [-0.4, -0.2) is 4.98 Å². The highest BCUT2D eigenvalue weighted by molar-refractivity contribution is 9.10. The van der Waals surface area contributed by atoms with Gasteiger partial charge in [-0.05, 0) is 65.5 Å². The zero-order valence-electron chi connectivity index (χ0n) is 11.2. The maximum Gasteiger partial charge on any atom is 0.129 e. The molecule has 19 heavy (non-hydrogen) atoms. The summed E-state index contributed by atoms with van der Waals surface area (Å²) in [6.07, 6.45) is 0. The lowest BCUT2D eigenvalue weighted by Crippen LogP contribution is -2.03. The zero-order valence-corrected chi connectivity index (χ0v) is 12.8. The molecule has 1 aromatic heterocycles. The highest BCUT2D eigenvalue weighted by Gasteiger charge is 2.05. The molecule has 2 aromatic rings. The van der Waals surface area contributed by atoms with Gasteiger partial charge in [0.2, 0.25) is 0 Å². The average Bonchev–Trinajstić information content (AvgIpc) is 2.37. The van der Waals surface area contributed by atoms with Crippen molar-refractivity contribution in [1.29, 1.82) is 0 Å². The maximum atomic E-state index is 13.5. The van der Waals surface area contributed by atoms with Crippen LogP contribution in [0.2, 0.25) is 0 Å². The Hall–Kier alpha value is -1.42. The molecule has 0 amide bonds. The fraction of sp³-hybridized carbons (Fsp3) is 0.267. The molecule has 1 heterocycles. The number of anilines is 1. The van der Waals surface area contributed by atoms with Crippen LogP contribution in [-0.2, 0) is 6.54 Å². The van der Waals surface area contributed by atoms with E-state index in [0.717, 1.165) is 21.5 Å². The Morgan fingerprint density at radius 2 is 1.79 bits per heavy atom. The fourth-order valence-corrected chi connectivity index (χ4v) is 2.19. The molecular formula is C15H16BrFN2. The molecule has 0 radical (unpaired) electrons. The molecule has 0 fully saturated rings. The standard InChI is InChI=1S/C15H16BrFN2/c1-9-6-12(7-10(2)15(9)17)8-18-14-5-4-13(16)11(3)19-14/h4-7H,8H2,1-3H3,(H,18,19). The molecule has 0 atom stereocenters. The number of aromatic nitrogens is 1. The van der Waals surface area contributed by atoms with E-state index in [2.05, 4.69) is 26.2 Å². The molecule has 1 aromatic carbocycles. The summed E-state index contributed by atoms with van der Waals surface area (Å²) >= 11 is 3.42. The third-order valence-corrected chi connectivity index (χ3v) is 3.83. The Bertz CT molecular complexity index is 588. The Balaban J connectivity index is 2.12. The highest BCUT2D eigenvalue weighted by atomic mass is 79.9. The molecule has 0 aliphatic heterocycles. The van der Waals surface area contributed by atoms with Gasteiger partial charge in [-0.2, -0.15) is 0 Å². The van der Waals surface area contributed by atoms with Crippen LogP contribution in [0.25, 0.3) is 0 Å². The topological polar surface area (TPSA) is 24.9 Å². The zero-order chi connectivity index (χ0) is 14.0. The highest BCUT2D eigenvalue weighted by Crippen LogP contribution is 2.18. The summed E-state index contributed by atoms with van der Waals surface area (Å²) in [7, 11) is 0. The minimum Gasteiger partial charge on any atom is -0.366 e. The second-order valence-electron chi connectivity index (χ2n) is 4.66. The second kappa shape index (κ2) is 5.70. The van der Waals surface area contributed by atoms with Gasteiger partial charge in [-0.3, -0.25) is 0 Å². The lowest BCUT2D eigenvalue weighted by molar-refractivity contribution is 0.608.